The summed E-state index contributed by atoms with van der Waals surface area (Å²) in [4.78, 5) is 18.2. The standard InChI is InChI=1S/C18H15ClFN3O2/c1-23(18(24)14-4-2-3-5-15(14)19)11-10-16-21-17(25-22-16)12-6-8-13(20)9-7-12/h2-9H,10-11H2,1H3. The van der Waals surface area contributed by atoms with Crippen LogP contribution in [-0.2, 0) is 6.42 Å². The van der Waals surface area contributed by atoms with E-state index in [0.29, 0.717) is 40.8 Å². The van der Waals surface area contributed by atoms with E-state index in [0.717, 1.165) is 0 Å². The average molecular weight is 360 g/mol. The van der Waals surface area contributed by atoms with Crippen molar-refractivity contribution in [3.63, 3.8) is 0 Å². The fraction of sp³-hybridized carbons (Fsp3) is 0.167. The van der Waals surface area contributed by atoms with Gasteiger partial charge in [-0.1, -0.05) is 28.9 Å². The molecule has 0 N–H and O–H groups in total. The molecule has 0 aliphatic carbocycles. The number of amides is 1. The van der Waals surface area contributed by atoms with Crippen LogP contribution in [0.4, 0.5) is 4.39 Å². The molecule has 1 heterocycles. The smallest absolute Gasteiger partial charge is 0.257 e. The molecule has 0 aliphatic heterocycles. The van der Waals surface area contributed by atoms with E-state index in [-0.39, 0.29) is 11.7 Å². The van der Waals surface area contributed by atoms with Crippen molar-refractivity contribution in [2.24, 2.45) is 0 Å². The van der Waals surface area contributed by atoms with Crippen LogP contribution in [0.5, 0.6) is 0 Å². The van der Waals surface area contributed by atoms with Crippen molar-refractivity contribution < 1.29 is 13.7 Å². The summed E-state index contributed by atoms with van der Waals surface area (Å²) in [5.41, 5.74) is 1.09. The van der Waals surface area contributed by atoms with Crippen molar-refractivity contribution in [1.82, 2.24) is 15.0 Å². The number of nitrogens with zero attached hydrogens (tertiary/aromatic N) is 3. The number of benzene rings is 2. The number of hydrogen-bond donors (Lipinski definition) is 0. The minimum Gasteiger partial charge on any atom is -0.341 e. The fourth-order valence-electron chi connectivity index (χ4n) is 2.27. The molecule has 1 amide bonds. The van der Waals surface area contributed by atoms with Crippen molar-refractivity contribution >= 4 is 17.5 Å². The van der Waals surface area contributed by atoms with Crippen molar-refractivity contribution in [2.75, 3.05) is 13.6 Å². The first-order valence-electron chi connectivity index (χ1n) is 7.63. The first kappa shape index (κ1) is 17.1. The largest absolute Gasteiger partial charge is 0.341 e. The highest BCUT2D eigenvalue weighted by Crippen LogP contribution is 2.18. The van der Waals surface area contributed by atoms with Crippen LogP contribution in [0, 0.1) is 5.82 Å². The lowest BCUT2D eigenvalue weighted by atomic mass is 10.2. The zero-order valence-electron chi connectivity index (χ0n) is 13.4. The van der Waals surface area contributed by atoms with Gasteiger partial charge >= 0.3 is 0 Å². The minimum absolute atomic E-state index is 0.173. The fourth-order valence-corrected chi connectivity index (χ4v) is 2.49. The van der Waals surface area contributed by atoms with E-state index in [2.05, 4.69) is 10.1 Å². The molecule has 3 rings (SSSR count). The van der Waals surface area contributed by atoms with Gasteiger partial charge in [-0.05, 0) is 36.4 Å². The van der Waals surface area contributed by atoms with Crippen LogP contribution in [0.2, 0.25) is 5.02 Å². The maximum atomic E-state index is 12.9. The highest BCUT2D eigenvalue weighted by atomic mass is 35.5. The second kappa shape index (κ2) is 7.44. The summed E-state index contributed by atoms with van der Waals surface area (Å²) < 4.78 is 18.1. The molecule has 1 aromatic heterocycles. The minimum atomic E-state index is -0.330. The summed E-state index contributed by atoms with van der Waals surface area (Å²) in [7, 11) is 1.69. The third kappa shape index (κ3) is 4.03. The number of aromatic nitrogens is 2. The second-order valence-electron chi connectivity index (χ2n) is 5.48. The van der Waals surface area contributed by atoms with Crippen molar-refractivity contribution in [1.29, 1.82) is 0 Å². The molecule has 3 aromatic rings. The average Bonchev–Trinajstić information content (AvgIpc) is 3.09. The van der Waals surface area contributed by atoms with E-state index in [1.807, 2.05) is 0 Å². The molecule has 0 saturated heterocycles. The SMILES string of the molecule is CN(CCc1noc(-c2ccc(F)cc2)n1)C(=O)c1ccccc1Cl. The zero-order valence-corrected chi connectivity index (χ0v) is 14.2. The van der Waals surface area contributed by atoms with Gasteiger partial charge in [-0.2, -0.15) is 4.98 Å². The van der Waals surface area contributed by atoms with Crippen LogP contribution in [-0.4, -0.2) is 34.5 Å². The van der Waals surface area contributed by atoms with Gasteiger partial charge in [-0.15, -0.1) is 0 Å². The van der Waals surface area contributed by atoms with Crippen molar-refractivity contribution in [2.45, 2.75) is 6.42 Å². The number of hydrogen-bond acceptors (Lipinski definition) is 4. The van der Waals surface area contributed by atoms with E-state index in [1.54, 1.807) is 48.3 Å². The lowest BCUT2D eigenvalue weighted by molar-refractivity contribution is 0.0796. The Morgan fingerprint density at radius 2 is 1.92 bits per heavy atom. The first-order chi connectivity index (χ1) is 12.0. The summed E-state index contributed by atoms with van der Waals surface area (Å²) in [5.74, 6) is 0.282. The van der Waals surface area contributed by atoms with Gasteiger partial charge in [0.25, 0.3) is 11.8 Å². The topological polar surface area (TPSA) is 59.2 Å². The number of carbonyl (C=O) groups is 1. The molecular weight excluding hydrogens is 345 g/mol. The third-order valence-electron chi connectivity index (χ3n) is 3.68. The summed E-state index contributed by atoms with van der Waals surface area (Å²) >= 11 is 6.05. The Hall–Kier alpha value is -2.73. The molecule has 0 bridgehead atoms. The molecular formula is C18H15ClFN3O2. The Labute approximate surface area is 149 Å². The molecule has 0 atom stereocenters. The van der Waals surface area contributed by atoms with Gasteiger partial charge in [0.1, 0.15) is 5.82 Å². The van der Waals surface area contributed by atoms with Crippen LogP contribution in [0.3, 0.4) is 0 Å². The third-order valence-corrected chi connectivity index (χ3v) is 4.01. The van der Waals surface area contributed by atoms with Gasteiger partial charge < -0.3 is 9.42 Å². The van der Waals surface area contributed by atoms with E-state index in [4.69, 9.17) is 16.1 Å². The van der Waals surface area contributed by atoms with E-state index < -0.39 is 0 Å². The predicted molar refractivity (Wildman–Crippen MR) is 91.8 cm³/mol. The van der Waals surface area contributed by atoms with Crippen LogP contribution >= 0.6 is 11.6 Å². The Morgan fingerprint density at radius 3 is 2.64 bits per heavy atom. The van der Waals surface area contributed by atoms with Gasteiger partial charge in [0, 0.05) is 25.6 Å². The van der Waals surface area contributed by atoms with Gasteiger partial charge in [-0.3, -0.25) is 4.79 Å². The Kier molecular flexibility index (Phi) is 5.09. The summed E-state index contributed by atoms with van der Waals surface area (Å²) in [6, 6.07) is 12.7. The Morgan fingerprint density at radius 1 is 1.20 bits per heavy atom. The first-order valence-corrected chi connectivity index (χ1v) is 8.01. The van der Waals surface area contributed by atoms with E-state index >= 15 is 0 Å². The summed E-state index contributed by atoms with van der Waals surface area (Å²) in [5, 5.41) is 4.31. The molecule has 5 nitrogen and oxygen atoms in total. The van der Waals surface area contributed by atoms with Gasteiger partial charge in [-0.25, -0.2) is 4.39 Å². The van der Waals surface area contributed by atoms with Gasteiger partial charge in [0.2, 0.25) is 0 Å². The molecule has 0 spiro atoms. The molecule has 25 heavy (non-hydrogen) atoms. The van der Waals surface area contributed by atoms with Crippen LogP contribution in [0.25, 0.3) is 11.5 Å². The molecule has 0 saturated carbocycles. The Balaban J connectivity index is 1.63. The molecule has 0 unspecified atom stereocenters. The molecule has 128 valence electrons. The summed E-state index contributed by atoms with van der Waals surface area (Å²) in [6.07, 6.45) is 0.428. The van der Waals surface area contributed by atoms with E-state index in [9.17, 15) is 9.18 Å². The Bertz CT molecular complexity index is 880. The number of rotatable bonds is 5. The normalized spacial score (nSPS) is 10.7. The molecule has 0 aliphatic rings. The van der Waals surface area contributed by atoms with Gasteiger partial charge in [0.15, 0.2) is 5.82 Å². The predicted octanol–water partition coefficient (Wildman–Crippen LogP) is 3.84. The molecule has 0 fully saturated rings. The van der Waals surface area contributed by atoms with Crippen molar-refractivity contribution in [3.05, 3.63) is 70.8 Å². The molecule has 2 aromatic carbocycles. The van der Waals surface area contributed by atoms with Crippen LogP contribution in [0.15, 0.2) is 53.1 Å². The lowest BCUT2D eigenvalue weighted by Gasteiger charge is -2.16. The van der Waals surface area contributed by atoms with Crippen LogP contribution < -0.4 is 0 Å². The number of carbonyl (C=O) groups excluding carboxylic acids is 1. The van der Waals surface area contributed by atoms with Crippen LogP contribution in [0.1, 0.15) is 16.2 Å². The molecule has 7 heteroatoms. The monoisotopic (exact) mass is 359 g/mol. The highest BCUT2D eigenvalue weighted by Gasteiger charge is 2.16. The van der Waals surface area contributed by atoms with Crippen molar-refractivity contribution in [3.8, 4) is 11.5 Å². The second-order valence-corrected chi connectivity index (χ2v) is 5.89. The zero-order chi connectivity index (χ0) is 17.8. The number of halogens is 2. The van der Waals surface area contributed by atoms with Gasteiger partial charge in [0.05, 0.1) is 10.6 Å². The molecule has 0 radical (unpaired) electrons. The maximum Gasteiger partial charge on any atom is 0.257 e. The lowest BCUT2D eigenvalue weighted by Crippen LogP contribution is -2.29. The van der Waals surface area contributed by atoms with E-state index in [1.165, 1.54) is 12.1 Å². The summed E-state index contributed by atoms with van der Waals surface area (Å²) in [6.45, 7) is 0.409. The quantitative estimate of drug-likeness (QED) is 0.694. The highest BCUT2D eigenvalue weighted by molar-refractivity contribution is 6.33. The maximum absolute atomic E-state index is 12.9. The number of likely N-dealkylation sites (N-methyl/N-ethyl adjacent to an activating group) is 1.